The summed E-state index contributed by atoms with van der Waals surface area (Å²) in [5, 5.41) is 2.98. The van der Waals surface area contributed by atoms with Crippen LogP contribution in [0.1, 0.15) is 62.2 Å². The van der Waals surface area contributed by atoms with E-state index in [-0.39, 0.29) is 29.8 Å². The molecule has 2 saturated heterocycles. The summed E-state index contributed by atoms with van der Waals surface area (Å²) in [7, 11) is 0. The molecule has 3 heterocycles. The number of hydrogen-bond donors (Lipinski definition) is 2. The van der Waals surface area contributed by atoms with Crippen molar-refractivity contribution in [3.8, 4) is 22.3 Å². The molecule has 0 unspecified atom stereocenters. The molecule has 2 fully saturated rings. The number of benzene rings is 3. The van der Waals surface area contributed by atoms with Crippen LogP contribution in [0.4, 0.5) is 23.7 Å². The number of aromatic amines is 1. The second-order valence-corrected chi connectivity index (χ2v) is 14.2. The minimum absolute atomic E-state index is 0.113. The van der Waals surface area contributed by atoms with Crippen LogP contribution in [0.25, 0.3) is 33.3 Å². The molecule has 0 saturated carbocycles. The molecule has 7 nitrogen and oxygen atoms in total. The molecule has 3 atom stereocenters. The number of thioether (sulfide) groups is 1. The van der Waals surface area contributed by atoms with Crippen LogP contribution in [0.15, 0.2) is 54.6 Å². The summed E-state index contributed by atoms with van der Waals surface area (Å²) in [5.74, 6) is -1.89. The number of nitrogens with one attached hydrogen (secondary N) is 2. The maximum atomic E-state index is 16.0. The van der Waals surface area contributed by atoms with Gasteiger partial charge in [0.05, 0.1) is 22.8 Å². The van der Waals surface area contributed by atoms with Crippen LogP contribution < -0.4 is 5.32 Å². The Balaban J connectivity index is 1.13. The minimum Gasteiger partial charge on any atom is -0.444 e. The highest BCUT2D eigenvalue weighted by atomic mass is 32.2. The van der Waals surface area contributed by atoms with Gasteiger partial charge in [0.2, 0.25) is 5.91 Å². The molecule has 2 aliphatic heterocycles. The summed E-state index contributed by atoms with van der Waals surface area (Å²) in [6.45, 7) is 4.76. The van der Waals surface area contributed by atoms with Crippen molar-refractivity contribution >= 4 is 40.5 Å². The van der Waals surface area contributed by atoms with E-state index in [1.807, 2.05) is 36.0 Å². The van der Waals surface area contributed by atoms with Gasteiger partial charge in [-0.15, -0.1) is 0 Å². The van der Waals surface area contributed by atoms with Gasteiger partial charge in [0.25, 0.3) is 5.92 Å². The number of fused-ring (bicyclic) bond motifs is 4. The number of aromatic nitrogens is 2. The fourth-order valence-corrected chi connectivity index (χ4v) is 7.64. The summed E-state index contributed by atoms with van der Waals surface area (Å²) in [6, 6.07) is 14.1. The van der Waals surface area contributed by atoms with Crippen LogP contribution in [0.2, 0.25) is 0 Å². The van der Waals surface area contributed by atoms with Gasteiger partial charge in [0.1, 0.15) is 23.6 Å². The molecule has 45 heavy (non-hydrogen) atoms. The number of halogens is 3. The van der Waals surface area contributed by atoms with Gasteiger partial charge in [-0.05, 0) is 92.0 Å². The van der Waals surface area contributed by atoms with Gasteiger partial charge in [-0.25, -0.2) is 14.2 Å². The van der Waals surface area contributed by atoms with E-state index >= 15 is 8.78 Å². The normalized spacial score (nSPS) is 22.0. The number of ether oxygens (including phenoxy) is 1. The maximum Gasteiger partial charge on any atom is 0.411 e. The first-order chi connectivity index (χ1) is 21.4. The van der Waals surface area contributed by atoms with Crippen molar-refractivity contribution in [1.29, 1.82) is 0 Å². The lowest BCUT2D eigenvalue weighted by molar-refractivity contribution is -0.120. The quantitative estimate of drug-likeness (QED) is 0.236. The molecule has 234 valence electrons. The Morgan fingerprint density at radius 3 is 2.49 bits per heavy atom. The van der Waals surface area contributed by atoms with Crippen LogP contribution in [0.3, 0.4) is 0 Å². The third-order valence-electron chi connectivity index (χ3n) is 8.52. The molecule has 11 heteroatoms. The summed E-state index contributed by atoms with van der Waals surface area (Å²) in [6.07, 6.45) is -0.139. The van der Waals surface area contributed by atoms with Crippen molar-refractivity contribution in [2.75, 3.05) is 17.6 Å². The number of amides is 2. The van der Waals surface area contributed by atoms with Gasteiger partial charge in [0, 0.05) is 23.2 Å². The van der Waals surface area contributed by atoms with Gasteiger partial charge in [-0.1, -0.05) is 24.3 Å². The lowest BCUT2D eigenvalue weighted by Gasteiger charge is -2.27. The maximum absolute atomic E-state index is 16.0. The van der Waals surface area contributed by atoms with E-state index in [0.717, 1.165) is 39.5 Å². The van der Waals surface area contributed by atoms with Crippen LogP contribution >= 0.6 is 11.8 Å². The topological polar surface area (TPSA) is 87.3 Å². The molecule has 0 bridgehead atoms. The summed E-state index contributed by atoms with van der Waals surface area (Å²) >= 11 is 1.90. The number of hydrogen-bond acceptors (Lipinski definition) is 5. The number of anilines is 1. The molecule has 2 N–H and O–H groups in total. The Hall–Kier alpha value is -3.99. The Labute approximate surface area is 262 Å². The fourth-order valence-electron chi connectivity index (χ4n) is 6.42. The van der Waals surface area contributed by atoms with Gasteiger partial charge >= 0.3 is 6.09 Å². The van der Waals surface area contributed by atoms with Crippen molar-refractivity contribution in [2.45, 2.75) is 69.0 Å². The van der Waals surface area contributed by atoms with Gasteiger partial charge in [0.15, 0.2) is 0 Å². The average Bonchev–Trinajstić information content (AvgIpc) is 3.77. The van der Waals surface area contributed by atoms with Crippen molar-refractivity contribution in [2.24, 2.45) is 0 Å². The minimum atomic E-state index is -3.31. The van der Waals surface area contributed by atoms with Gasteiger partial charge < -0.3 is 15.0 Å². The lowest BCUT2D eigenvalue weighted by Crippen LogP contribution is -2.45. The third-order valence-corrected chi connectivity index (χ3v) is 9.91. The molecule has 3 aliphatic rings. The zero-order chi connectivity index (χ0) is 31.7. The fraction of sp³-hybridized carbons (Fsp3) is 0.382. The number of nitrogens with zero attached hydrogens (tertiary/aromatic N) is 2. The van der Waals surface area contributed by atoms with Gasteiger partial charge in [-0.3, -0.25) is 9.69 Å². The summed E-state index contributed by atoms with van der Waals surface area (Å²) in [5.41, 5.74) is 2.96. The van der Waals surface area contributed by atoms with Crippen molar-refractivity contribution < 1.29 is 27.5 Å². The molecule has 4 aromatic rings. The molecule has 7 rings (SSSR count). The molecule has 0 radical (unpaired) electrons. The molecule has 0 spiro atoms. The second-order valence-electron chi connectivity index (χ2n) is 12.9. The second kappa shape index (κ2) is 10.8. The number of alkyl halides is 3. The summed E-state index contributed by atoms with van der Waals surface area (Å²) in [4.78, 5) is 35.0. The van der Waals surface area contributed by atoms with Crippen molar-refractivity contribution in [3.63, 3.8) is 0 Å². The number of carbonyl (C=O) groups is 2. The van der Waals surface area contributed by atoms with E-state index in [0.29, 0.717) is 21.9 Å². The van der Waals surface area contributed by atoms with E-state index < -0.39 is 35.7 Å². The zero-order valence-electron chi connectivity index (χ0n) is 25.1. The molecule has 1 aliphatic carbocycles. The number of likely N-dealkylation sites (tertiary alicyclic amines) is 1. The van der Waals surface area contributed by atoms with Gasteiger partial charge in [-0.2, -0.15) is 20.5 Å². The first-order valence-corrected chi connectivity index (χ1v) is 16.2. The van der Waals surface area contributed by atoms with E-state index in [1.165, 1.54) is 18.6 Å². The van der Waals surface area contributed by atoms with Crippen molar-refractivity contribution in [3.05, 3.63) is 71.5 Å². The van der Waals surface area contributed by atoms with Crippen LogP contribution in [-0.4, -0.2) is 57.0 Å². The molecule has 1 aromatic heterocycles. The Bertz CT molecular complexity index is 1830. The predicted octanol–water partition coefficient (Wildman–Crippen LogP) is 8.20. The largest absolute Gasteiger partial charge is 0.444 e. The average molecular weight is 635 g/mol. The Morgan fingerprint density at radius 2 is 1.76 bits per heavy atom. The SMILES string of the molecule is CC(C)(C)OC(=O)N1C[C@@H](F)C[C@H]1C(=O)Nc1ccc2c(c1)C(F)(F)c1cc(-c3ccc4nc([C@@H]5CCCS5)[nH]c4c3)ccc1-2. The predicted molar refractivity (Wildman–Crippen MR) is 169 cm³/mol. The van der Waals surface area contributed by atoms with E-state index in [4.69, 9.17) is 9.72 Å². The highest BCUT2D eigenvalue weighted by Crippen LogP contribution is 2.52. The van der Waals surface area contributed by atoms with Crippen LogP contribution in [0.5, 0.6) is 0 Å². The first-order valence-electron chi connectivity index (χ1n) is 15.1. The standard InChI is InChI=1S/C34H33F3N4O3S/c1-33(2,3)44-32(43)41-17-20(35)15-28(41)31(42)38-21-8-10-23-22-9-6-18(13-24(22)34(36,37)25(23)16-21)19-7-11-26-27(14-19)40-30(39-26)29-5-4-12-45-29/h6-11,13-14,16,20,28-29H,4-5,12,15,17H2,1-3H3,(H,38,42)(H,39,40)/t20-,28-,29-/m0/s1. The molecule has 2 amide bonds. The number of rotatable bonds is 4. The van der Waals surface area contributed by atoms with E-state index in [9.17, 15) is 14.0 Å². The number of imidazole rings is 1. The highest BCUT2D eigenvalue weighted by Gasteiger charge is 2.45. The first kappa shape index (κ1) is 29.7. The Morgan fingerprint density at radius 1 is 1.04 bits per heavy atom. The number of H-pyrrole nitrogens is 1. The van der Waals surface area contributed by atoms with E-state index in [1.54, 1.807) is 39.0 Å². The van der Waals surface area contributed by atoms with Crippen LogP contribution in [0, 0.1) is 0 Å². The van der Waals surface area contributed by atoms with Crippen LogP contribution in [-0.2, 0) is 15.5 Å². The third kappa shape index (κ3) is 5.45. The number of carbonyl (C=O) groups excluding carboxylic acids is 2. The molecular weight excluding hydrogens is 601 g/mol. The highest BCUT2D eigenvalue weighted by molar-refractivity contribution is 7.99. The molecular formula is C34H33F3N4O3S. The monoisotopic (exact) mass is 634 g/mol. The smallest absolute Gasteiger partial charge is 0.411 e. The lowest BCUT2D eigenvalue weighted by atomic mass is 9.98. The Kier molecular flexibility index (Phi) is 7.14. The zero-order valence-corrected chi connectivity index (χ0v) is 25.9. The molecule has 3 aromatic carbocycles. The summed E-state index contributed by atoms with van der Waals surface area (Å²) < 4.78 is 51.7. The van der Waals surface area contributed by atoms with E-state index in [2.05, 4.69) is 10.3 Å². The van der Waals surface area contributed by atoms with Crippen molar-refractivity contribution in [1.82, 2.24) is 14.9 Å².